The molecular weight excluding hydrogens is 611 g/mol. The summed E-state index contributed by atoms with van der Waals surface area (Å²) in [6.07, 6.45) is 0. The first-order chi connectivity index (χ1) is 20.6. The molecule has 3 amide bonds. The Balaban J connectivity index is 1.22. The zero-order valence-electron chi connectivity index (χ0n) is 22.5. The number of rotatable bonds is 9. The van der Waals surface area contributed by atoms with Gasteiger partial charge in [-0.05, 0) is 48.0 Å². The number of sulfonamides is 1. The molecule has 5 aromatic rings. The number of hydrogen-bond donors (Lipinski definition) is 5. The molecule has 15 heteroatoms. The van der Waals surface area contributed by atoms with Gasteiger partial charge in [-0.1, -0.05) is 41.7 Å². The summed E-state index contributed by atoms with van der Waals surface area (Å²) in [5.41, 5.74) is 9.38. The number of carbonyl (C=O) groups excluding carboxylic acids is 2. The molecule has 0 saturated carbocycles. The van der Waals surface area contributed by atoms with Gasteiger partial charge in [0, 0.05) is 28.7 Å². The number of anilines is 3. The van der Waals surface area contributed by atoms with Crippen molar-refractivity contribution in [2.45, 2.75) is 11.4 Å². The molecule has 0 radical (unpaired) electrons. The summed E-state index contributed by atoms with van der Waals surface area (Å²) in [5.74, 6) is 0.545. The smallest absolute Gasteiger partial charge is 0.321 e. The van der Waals surface area contributed by atoms with E-state index in [9.17, 15) is 18.0 Å². The largest absolute Gasteiger partial charge is 0.497 e. The van der Waals surface area contributed by atoms with E-state index in [2.05, 4.69) is 20.9 Å². The summed E-state index contributed by atoms with van der Waals surface area (Å²) in [4.78, 5) is 34.7. The van der Waals surface area contributed by atoms with Crippen LogP contribution in [0.3, 0.4) is 0 Å². The minimum Gasteiger partial charge on any atom is -0.497 e. The molecule has 0 atom stereocenters. The van der Waals surface area contributed by atoms with Gasteiger partial charge in [0.2, 0.25) is 10.0 Å². The van der Waals surface area contributed by atoms with E-state index < -0.39 is 16.1 Å². The number of carbonyl (C=O) groups is 2. The van der Waals surface area contributed by atoms with E-state index in [1.165, 1.54) is 34.8 Å². The van der Waals surface area contributed by atoms with Crippen molar-refractivity contribution in [3.63, 3.8) is 0 Å². The Morgan fingerprint density at radius 1 is 0.977 bits per heavy atom. The summed E-state index contributed by atoms with van der Waals surface area (Å²) >= 11 is 2.55. The molecule has 0 spiro atoms. The van der Waals surface area contributed by atoms with Crippen molar-refractivity contribution in [2.75, 3.05) is 23.5 Å². The van der Waals surface area contributed by atoms with Gasteiger partial charge in [0.15, 0.2) is 5.13 Å². The van der Waals surface area contributed by atoms with Crippen molar-refractivity contribution in [1.29, 1.82) is 0 Å². The minimum absolute atomic E-state index is 0.0132. The molecule has 0 fully saturated rings. The Morgan fingerprint density at radius 3 is 2.49 bits per heavy atom. The third-order valence-corrected chi connectivity index (χ3v) is 8.94. The van der Waals surface area contributed by atoms with Crippen molar-refractivity contribution in [1.82, 2.24) is 15.3 Å². The van der Waals surface area contributed by atoms with Crippen molar-refractivity contribution in [3.05, 3.63) is 89.3 Å². The number of methoxy groups -OCH3 is 1. The molecule has 12 nitrogen and oxygen atoms in total. The average molecular weight is 636 g/mol. The average Bonchev–Trinajstić information content (AvgIpc) is 3.62. The van der Waals surface area contributed by atoms with Crippen LogP contribution in [0.2, 0.25) is 0 Å². The number of nitrogen functional groups attached to an aromatic ring is 1. The second kappa shape index (κ2) is 12.6. The number of nitrogens with two attached hydrogens (primary N) is 2. The predicted molar refractivity (Wildman–Crippen MR) is 168 cm³/mol. The monoisotopic (exact) mass is 635 g/mol. The molecule has 3 aromatic carbocycles. The summed E-state index contributed by atoms with van der Waals surface area (Å²) in [6.45, 7) is 0.152. The fourth-order valence-electron chi connectivity index (χ4n) is 3.89. The van der Waals surface area contributed by atoms with Crippen LogP contribution in [0.4, 0.5) is 21.4 Å². The van der Waals surface area contributed by atoms with Gasteiger partial charge in [-0.2, -0.15) is 0 Å². The fraction of sp³-hybridized carbons (Fsp3) is 0.0714. The molecule has 0 saturated heterocycles. The first-order valence-corrected chi connectivity index (χ1v) is 15.8. The molecule has 0 unspecified atom stereocenters. The molecule has 220 valence electrons. The maximum atomic E-state index is 12.7. The lowest BCUT2D eigenvalue weighted by atomic mass is 10.1. The molecule has 0 aliphatic rings. The molecule has 2 aromatic heterocycles. The lowest BCUT2D eigenvalue weighted by Crippen LogP contribution is -2.28. The predicted octanol–water partition coefficient (Wildman–Crippen LogP) is 4.75. The Morgan fingerprint density at radius 2 is 1.74 bits per heavy atom. The molecular formula is C28H25N7O5S3. The molecule has 0 bridgehead atoms. The Bertz CT molecular complexity index is 1900. The van der Waals surface area contributed by atoms with Crippen molar-refractivity contribution in [3.8, 4) is 26.9 Å². The molecule has 7 N–H and O–H groups in total. The van der Waals surface area contributed by atoms with Crippen LogP contribution in [0.5, 0.6) is 5.75 Å². The number of primary sulfonamides is 1. The van der Waals surface area contributed by atoms with Gasteiger partial charge in [0.1, 0.15) is 21.5 Å². The second-order valence-electron chi connectivity index (χ2n) is 9.03. The Labute approximate surface area is 254 Å². The molecule has 2 heterocycles. The first-order valence-electron chi connectivity index (χ1n) is 12.5. The molecule has 5 rings (SSSR count). The van der Waals surface area contributed by atoms with E-state index in [4.69, 9.17) is 20.6 Å². The molecule has 43 heavy (non-hydrogen) atoms. The molecule has 0 aliphatic carbocycles. The lowest BCUT2D eigenvalue weighted by Gasteiger charge is -2.08. The highest BCUT2D eigenvalue weighted by molar-refractivity contribution is 7.89. The van der Waals surface area contributed by atoms with Crippen molar-refractivity contribution in [2.24, 2.45) is 5.14 Å². The number of nitrogens with one attached hydrogen (secondary N) is 3. The minimum atomic E-state index is -3.79. The van der Waals surface area contributed by atoms with Crippen LogP contribution >= 0.6 is 22.7 Å². The zero-order chi connectivity index (χ0) is 30.6. The summed E-state index contributed by atoms with van der Waals surface area (Å²) in [6, 6.07) is 19.6. The van der Waals surface area contributed by atoms with Crippen LogP contribution in [-0.2, 0) is 16.6 Å². The third-order valence-electron chi connectivity index (χ3n) is 6.03. The van der Waals surface area contributed by atoms with Gasteiger partial charge in [-0.25, -0.2) is 28.3 Å². The van der Waals surface area contributed by atoms with Crippen LogP contribution in [0.1, 0.15) is 15.9 Å². The Hall–Kier alpha value is -4.83. The maximum absolute atomic E-state index is 12.7. The lowest BCUT2D eigenvalue weighted by molar-refractivity contribution is 0.102. The number of nitrogens with zero attached hydrogens (tertiary/aromatic N) is 2. The van der Waals surface area contributed by atoms with Crippen molar-refractivity contribution >= 4 is 61.3 Å². The SMILES string of the molecule is COc1cccc(C(=O)Nc2cccc(-c3csc(-c4sc(NC(=O)NCc5ccc(S(N)(=O)=O)cc5)nc4N)n3)c2)c1. The summed E-state index contributed by atoms with van der Waals surface area (Å²) in [7, 11) is -2.25. The number of ether oxygens (including phenoxy) is 1. The number of hydrogen-bond acceptors (Lipinski definition) is 10. The van der Waals surface area contributed by atoms with Crippen molar-refractivity contribution < 1.29 is 22.7 Å². The number of amides is 3. The zero-order valence-corrected chi connectivity index (χ0v) is 25.0. The van der Waals surface area contributed by atoms with E-state index >= 15 is 0 Å². The highest BCUT2D eigenvalue weighted by atomic mass is 32.2. The van der Waals surface area contributed by atoms with E-state index in [0.29, 0.717) is 38.1 Å². The summed E-state index contributed by atoms with van der Waals surface area (Å²) in [5, 5.41) is 16.1. The van der Waals surface area contributed by atoms with Crippen LogP contribution in [0.25, 0.3) is 21.1 Å². The van der Waals surface area contributed by atoms with Gasteiger partial charge in [0.25, 0.3) is 5.91 Å². The van der Waals surface area contributed by atoms with Crippen LogP contribution in [-0.4, -0.2) is 37.4 Å². The quantitative estimate of drug-likeness (QED) is 0.153. The van der Waals surface area contributed by atoms with Gasteiger partial charge >= 0.3 is 6.03 Å². The third kappa shape index (κ3) is 7.34. The standard InChI is InChI=1S/C28H25N7O5S3/c1-40-20-7-3-5-18(13-20)25(36)32-19-6-2-4-17(12-19)22-15-41-26(33-22)23-24(29)34-28(42-23)35-27(37)31-14-16-8-10-21(11-9-16)43(30,38)39/h2-13,15H,14,29H2,1H3,(H,32,36)(H2,30,38,39)(H2,31,34,35,37). The highest BCUT2D eigenvalue weighted by Gasteiger charge is 2.17. The normalized spacial score (nSPS) is 11.1. The maximum Gasteiger partial charge on any atom is 0.321 e. The molecule has 0 aliphatic heterocycles. The van der Waals surface area contributed by atoms with E-state index in [-0.39, 0.29) is 28.3 Å². The number of urea groups is 1. The number of benzene rings is 3. The van der Waals surface area contributed by atoms with E-state index in [0.717, 1.165) is 5.56 Å². The topological polar surface area (TPSA) is 191 Å². The first kappa shape index (κ1) is 29.7. The summed E-state index contributed by atoms with van der Waals surface area (Å²) < 4.78 is 28.0. The van der Waals surface area contributed by atoms with Gasteiger partial charge in [-0.3, -0.25) is 10.1 Å². The van der Waals surface area contributed by atoms with Crippen LogP contribution in [0, 0.1) is 0 Å². The number of aromatic nitrogens is 2. The van der Waals surface area contributed by atoms with Crippen LogP contribution < -0.4 is 31.6 Å². The fourth-order valence-corrected chi connectivity index (χ4v) is 6.22. The highest BCUT2D eigenvalue weighted by Crippen LogP contribution is 2.38. The Kier molecular flexibility index (Phi) is 8.68. The van der Waals surface area contributed by atoms with E-state index in [1.807, 2.05) is 23.6 Å². The second-order valence-corrected chi connectivity index (χ2v) is 12.5. The van der Waals surface area contributed by atoms with E-state index in [1.54, 1.807) is 49.6 Å². The van der Waals surface area contributed by atoms with Gasteiger partial charge in [0.05, 0.1) is 17.7 Å². The van der Waals surface area contributed by atoms with Gasteiger partial charge in [-0.15, -0.1) is 11.3 Å². The van der Waals surface area contributed by atoms with Gasteiger partial charge < -0.3 is 21.1 Å². The van der Waals surface area contributed by atoms with Crippen LogP contribution in [0.15, 0.2) is 83.1 Å². The number of thiazole rings is 2.